The van der Waals surface area contributed by atoms with E-state index in [0.29, 0.717) is 23.9 Å². The van der Waals surface area contributed by atoms with Crippen LogP contribution in [0, 0.1) is 5.92 Å². The summed E-state index contributed by atoms with van der Waals surface area (Å²) in [5.74, 6) is 0.999. The minimum atomic E-state index is 0.285. The van der Waals surface area contributed by atoms with Gasteiger partial charge in [-0.25, -0.2) is 0 Å². The van der Waals surface area contributed by atoms with Crippen molar-refractivity contribution in [2.24, 2.45) is 11.7 Å². The summed E-state index contributed by atoms with van der Waals surface area (Å²) in [6.45, 7) is 6.72. The quantitative estimate of drug-likeness (QED) is 0.747. The van der Waals surface area contributed by atoms with Crippen LogP contribution in [0.15, 0.2) is 4.42 Å². The number of nitrogens with one attached hydrogen (secondary N) is 1. The molecule has 1 aromatic rings. The Balaban J connectivity index is 2.57. The first-order chi connectivity index (χ1) is 6.67. The van der Waals surface area contributed by atoms with E-state index >= 15 is 0 Å². The third kappa shape index (κ3) is 2.70. The second kappa shape index (κ2) is 4.95. The molecule has 0 fully saturated rings. The summed E-state index contributed by atoms with van der Waals surface area (Å²) in [7, 11) is 0. The average Bonchev–Trinajstić information content (AvgIpc) is 2.61. The molecule has 0 aliphatic heterocycles. The Morgan fingerprint density at radius 3 is 2.57 bits per heavy atom. The predicted molar refractivity (Wildman–Crippen MR) is 54.7 cm³/mol. The Hall–Kier alpha value is -1.10. The molecule has 1 unspecified atom stereocenters. The normalized spacial score (nSPS) is 13.2. The molecule has 1 heterocycles. The first-order valence-corrected chi connectivity index (χ1v) is 4.96. The number of hydrogen-bond acceptors (Lipinski definition) is 5. The third-order valence-corrected chi connectivity index (χ3v) is 2.19. The molecule has 0 bridgehead atoms. The van der Waals surface area contributed by atoms with E-state index in [1.165, 1.54) is 0 Å². The van der Waals surface area contributed by atoms with Crippen molar-refractivity contribution in [1.82, 2.24) is 10.2 Å². The van der Waals surface area contributed by atoms with Gasteiger partial charge in [-0.1, -0.05) is 25.9 Å². The summed E-state index contributed by atoms with van der Waals surface area (Å²) in [5.41, 5.74) is 5.36. The lowest BCUT2D eigenvalue weighted by atomic mass is 10.0. The monoisotopic (exact) mass is 198 g/mol. The van der Waals surface area contributed by atoms with E-state index in [4.69, 9.17) is 10.2 Å². The van der Waals surface area contributed by atoms with Crippen molar-refractivity contribution < 1.29 is 4.42 Å². The van der Waals surface area contributed by atoms with Crippen molar-refractivity contribution in [3.05, 3.63) is 5.89 Å². The van der Waals surface area contributed by atoms with Crippen LogP contribution in [-0.2, 0) is 6.54 Å². The molecule has 0 saturated heterocycles. The van der Waals surface area contributed by atoms with Crippen molar-refractivity contribution in [2.75, 3.05) is 5.32 Å². The van der Waals surface area contributed by atoms with Crippen molar-refractivity contribution >= 4 is 6.01 Å². The maximum atomic E-state index is 5.36. The van der Waals surface area contributed by atoms with Crippen molar-refractivity contribution in [3.63, 3.8) is 0 Å². The summed E-state index contributed by atoms with van der Waals surface area (Å²) in [5, 5.41) is 10.8. The van der Waals surface area contributed by atoms with E-state index in [9.17, 15) is 0 Å². The van der Waals surface area contributed by atoms with Crippen molar-refractivity contribution in [2.45, 2.75) is 39.8 Å². The Morgan fingerprint density at radius 2 is 2.14 bits per heavy atom. The number of nitrogens with two attached hydrogens (primary N) is 1. The van der Waals surface area contributed by atoms with Crippen LogP contribution in [0.25, 0.3) is 0 Å². The van der Waals surface area contributed by atoms with Crippen LogP contribution in [0.3, 0.4) is 0 Å². The van der Waals surface area contributed by atoms with Gasteiger partial charge in [0.2, 0.25) is 5.89 Å². The Labute approximate surface area is 84.1 Å². The van der Waals surface area contributed by atoms with E-state index in [-0.39, 0.29) is 6.54 Å². The zero-order valence-corrected chi connectivity index (χ0v) is 8.95. The summed E-state index contributed by atoms with van der Waals surface area (Å²) in [6.07, 6.45) is 1.03. The van der Waals surface area contributed by atoms with Crippen LogP contribution in [0.4, 0.5) is 6.01 Å². The van der Waals surface area contributed by atoms with Gasteiger partial charge in [0.15, 0.2) is 0 Å². The largest absolute Gasteiger partial charge is 0.407 e. The smallest absolute Gasteiger partial charge is 0.315 e. The SMILES string of the molecule is CCC(Nc1nnc(CN)o1)C(C)C. The molecule has 0 radical (unpaired) electrons. The highest BCUT2D eigenvalue weighted by molar-refractivity contribution is 5.19. The molecular weight excluding hydrogens is 180 g/mol. The van der Waals surface area contributed by atoms with Gasteiger partial charge in [0.05, 0.1) is 6.54 Å². The lowest BCUT2D eigenvalue weighted by molar-refractivity contribution is 0.465. The second-order valence-electron chi connectivity index (χ2n) is 3.61. The Morgan fingerprint density at radius 1 is 1.43 bits per heavy atom. The number of aromatic nitrogens is 2. The van der Waals surface area contributed by atoms with E-state index in [2.05, 4.69) is 36.3 Å². The minimum Gasteiger partial charge on any atom is -0.407 e. The maximum Gasteiger partial charge on any atom is 0.315 e. The van der Waals surface area contributed by atoms with Crippen LogP contribution in [0.2, 0.25) is 0 Å². The highest BCUT2D eigenvalue weighted by atomic mass is 16.4. The van der Waals surface area contributed by atoms with E-state index in [0.717, 1.165) is 6.42 Å². The number of hydrogen-bond donors (Lipinski definition) is 2. The van der Waals surface area contributed by atoms with Gasteiger partial charge < -0.3 is 15.5 Å². The first-order valence-electron chi connectivity index (χ1n) is 4.96. The first kappa shape index (κ1) is 11.0. The lowest BCUT2D eigenvalue weighted by Crippen LogP contribution is -2.24. The van der Waals surface area contributed by atoms with E-state index in [1.54, 1.807) is 0 Å². The Kier molecular flexibility index (Phi) is 3.88. The molecule has 0 aromatic carbocycles. The van der Waals surface area contributed by atoms with Gasteiger partial charge in [0.25, 0.3) is 0 Å². The third-order valence-electron chi connectivity index (χ3n) is 2.19. The molecule has 3 N–H and O–H groups in total. The zero-order valence-electron chi connectivity index (χ0n) is 8.95. The molecule has 80 valence electrons. The summed E-state index contributed by atoms with van der Waals surface area (Å²) >= 11 is 0. The molecule has 0 aliphatic rings. The van der Waals surface area contributed by atoms with Gasteiger partial charge in [-0.3, -0.25) is 0 Å². The van der Waals surface area contributed by atoms with Gasteiger partial charge >= 0.3 is 6.01 Å². The summed E-state index contributed by atoms with van der Waals surface area (Å²) in [6, 6.07) is 0.826. The summed E-state index contributed by atoms with van der Waals surface area (Å²) < 4.78 is 5.26. The standard InChI is InChI=1S/C9H18N4O/c1-4-7(6(2)3)11-9-13-12-8(5-10)14-9/h6-7H,4-5,10H2,1-3H3,(H,11,13). The number of anilines is 1. The molecule has 0 spiro atoms. The van der Waals surface area contributed by atoms with Gasteiger partial charge in [0.1, 0.15) is 0 Å². The molecule has 5 heteroatoms. The molecule has 0 saturated carbocycles. The zero-order chi connectivity index (χ0) is 10.6. The van der Waals surface area contributed by atoms with Crippen molar-refractivity contribution in [1.29, 1.82) is 0 Å². The van der Waals surface area contributed by atoms with Gasteiger partial charge in [-0.05, 0) is 12.3 Å². The highest BCUT2D eigenvalue weighted by Gasteiger charge is 2.13. The fraction of sp³-hybridized carbons (Fsp3) is 0.778. The van der Waals surface area contributed by atoms with Crippen LogP contribution in [0.1, 0.15) is 33.1 Å². The fourth-order valence-electron chi connectivity index (χ4n) is 1.29. The number of nitrogens with zero attached hydrogens (tertiary/aromatic N) is 2. The molecule has 1 atom stereocenters. The van der Waals surface area contributed by atoms with Gasteiger partial charge in [-0.15, -0.1) is 5.10 Å². The molecule has 1 aromatic heterocycles. The Bertz CT molecular complexity index is 272. The topological polar surface area (TPSA) is 77.0 Å². The van der Waals surface area contributed by atoms with E-state index in [1.807, 2.05) is 0 Å². The minimum absolute atomic E-state index is 0.285. The molecule has 0 amide bonds. The van der Waals surface area contributed by atoms with Gasteiger partial charge in [-0.2, -0.15) is 0 Å². The fourth-order valence-corrected chi connectivity index (χ4v) is 1.29. The predicted octanol–water partition coefficient (Wildman–Crippen LogP) is 1.37. The van der Waals surface area contributed by atoms with Crippen LogP contribution < -0.4 is 11.1 Å². The average molecular weight is 198 g/mol. The van der Waals surface area contributed by atoms with E-state index < -0.39 is 0 Å². The van der Waals surface area contributed by atoms with Crippen LogP contribution in [0.5, 0.6) is 0 Å². The van der Waals surface area contributed by atoms with Gasteiger partial charge in [0, 0.05) is 6.04 Å². The molecule has 14 heavy (non-hydrogen) atoms. The van der Waals surface area contributed by atoms with Crippen LogP contribution >= 0.6 is 0 Å². The highest BCUT2D eigenvalue weighted by Crippen LogP contribution is 2.13. The molecule has 5 nitrogen and oxygen atoms in total. The van der Waals surface area contributed by atoms with Crippen molar-refractivity contribution in [3.8, 4) is 0 Å². The molecular formula is C9H18N4O. The molecule has 1 rings (SSSR count). The molecule has 0 aliphatic carbocycles. The number of rotatable bonds is 5. The lowest BCUT2D eigenvalue weighted by Gasteiger charge is -2.18. The summed E-state index contributed by atoms with van der Waals surface area (Å²) in [4.78, 5) is 0. The maximum absolute atomic E-state index is 5.36. The second-order valence-corrected chi connectivity index (χ2v) is 3.61. The van der Waals surface area contributed by atoms with Crippen LogP contribution in [-0.4, -0.2) is 16.2 Å².